The fourth-order valence-electron chi connectivity index (χ4n) is 1.55. The first kappa shape index (κ1) is 23.3. The van der Waals surface area contributed by atoms with E-state index >= 15 is 0 Å². The summed E-state index contributed by atoms with van der Waals surface area (Å²) >= 11 is 4.75. The Morgan fingerprint density at radius 2 is 2.15 bits per heavy atom. The maximum Gasteiger partial charge on any atom is 0.202 e. The lowest BCUT2D eigenvalue weighted by Gasteiger charge is -2.05. The Hall–Kier alpha value is -1.69. The lowest BCUT2D eigenvalue weighted by molar-refractivity contribution is 0.234. The van der Waals surface area contributed by atoms with Gasteiger partial charge in [0, 0.05) is 12.3 Å². The minimum atomic E-state index is -0.403. The van der Waals surface area contributed by atoms with Crippen molar-refractivity contribution in [2.24, 2.45) is 16.6 Å². The molecule has 5 N–H and O–H groups in total. The topological polar surface area (TPSA) is 122 Å². The third-order valence-electron chi connectivity index (χ3n) is 3.03. The summed E-state index contributed by atoms with van der Waals surface area (Å²) in [4.78, 5) is 4.16. The Bertz CT molecular complexity index is 729. The smallest absolute Gasteiger partial charge is 0.202 e. The van der Waals surface area contributed by atoms with Crippen molar-refractivity contribution in [3.8, 4) is 0 Å². The van der Waals surface area contributed by atoms with Gasteiger partial charge >= 0.3 is 0 Å². The molecule has 0 saturated carbocycles. The van der Waals surface area contributed by atoms with E-state index in [1.54, 1.807) is 11.8 Å². The number of anilines is 1. The number of amidine groups is 1. The van der Waals surface area contributed by atoms with Crippen molar-refractivity contribution in [1.82, 2.24) is 15.8 Å². The second-order valence-corrected chi connectivity index (χ2v) is 7.52. The molecule has 0 fully saturated rings. The van der Waals surface area contributed by atoms with E-state index in [0.29, 0.717) is 24.0 Å². The van der Waals surface area contributed by atoms with Crippen molar-refractivity contribution in [2.75, 3.05) is 30.4 Å². The second-order valence-electron chi connectivity index (χ2n) is 5.68. The molecule has 1 heterocycles. The van der Waals surface area contributed by atoms with Crippen LogP contribution in [0.5, 0.6) is 0 Å². The van der Waals surface area contributed by atoms with Crippen LogP contribution in [0, 0.1) is 11.7 Å². The third-order valence-corrected chi connectivity index (χ3v) is 4.25. The summed E-state index contributed by atoms with van der Waals surface area (Å²) in [6.45, 7) is 5.66. The molecule has 1 aromatic heterocycles. The minimum absolute atomic E-state index is 0.0337. The number of hydrogen-bond acceptors (Lipinski definition) is 8. The average Bonchev–Trinajstić information content (AvgIpc) is 3.11. The Morgan fingerprint density at radius 3 is 2.70 bits per heavy atom. The Labute approximate surface area is 170 Å². The van der Waals surface area contributed by atoms with E-state index in [4.69, 9.17) is 5.73 Å². The number of rotatable bonds is 7. The van der Waals surface area contributed by atoms with E-state index in [0.717, 1.165) is 12.3 Å². The SMILES string of the molecule is CC(C)CN.CSCCNc1nonc1C(=Nc1ccc(F)c(Br)c1)NO. The molecule has 27 heavy (non-hydrogen) atoms. The molecule has 0 radical (unpaired) electrons. The fraction of sp³-hybridized carbons (Fsp3) is 0.438. The zero-order valence-electron chi connectivity index (χ0n) is 15.4. The van der Waals surface area contributed by atoms with Gasteiger partial charge in [-0.1, -0.05) is 13.8 Å². The summed E-state index contributed by atoms with van der Waals surface area (Å²) in [6.07, 6.45) is 1.98. The third kappa shape index (κ3) is 8.24. The highest BCUT2D eigenvalue weighted by Gasteiger charge is 2.16. The molecule has 0 aliphatic heterocycles. The van der Waals surface area contributed by atoms with E-state index in [2.05, 4.69) is 55.0 Å². The Kier molecular flexibility index (Phi) is 10.9. The first-order valence-corrected chi connectivity index (χ1v) is 10.3. The molecule has 0 saturated heterocycles. The highest BCUT2D eigenvalue weighted by atomic mass is 79.9. The molecular weight excluding hydrogens is 439 g/mol. The quantitative estimate of drug-likeness (QED) is 0.213. The Morgan fingerprint density at radius 1 is 1.44 bits per heavy atom. The van der Waals surface area contributed by atoms with E-state index in [1.807, 2.05) is 11.7 Å². The fourth-order valence-corrected chi connectivity index (χ4v) is 2.22. The number of thioether (sulfide) groups is 1. The minimum Gasteiger partial charge on any atom is -0.364 e. The molecule has 0 amide bonds. The lowest BCUT2D eigenvalue weighted by atomic mass is 10.2. The van der Waals surface area contributed by atoms with Crippen molar-refractivity contribution >= 4 is 45.0 Å². The number of aromatic nitrogens is 2. The van der Waals surface area contributed by atoms with Crippen molar-refractivity contribution in [3.63, 3.8) is 0 Å². The van der Waals surface area contributed by atoms with Crippen LogP contribution < -0.4 is 16.5 Å². The number of aliphatic imine (C=N–C) groups is 1. The molecule has 0 spiro atoms. The normalized spacial score (nSPS) is 11.2. The molecule has 2 aromatic rings. The van der Waals surface area contributed by atoms with E-state index < -0.39 is 5.82 Å². The molecule has 0 aliphatic carbocycles. The van der Waals surface area contributed by atoms with Gasteiger partial charge < -0.3 is 11.1 Å². The van der Waals surface area contributed by atoms with Crippen LogP contribution in [0.3, 0.4) is 0 Å². The molecule has 8 nitrogen and oxygen atoms in total. The number of hydroxylamine groups is 1. The standard InChI is InChI=1S/C12H13BrFN5O2S.C4H11N/c1-22-5-4-15-11-10(18-21-19-11)12(17-20)16-7-2-3-9(14)8(13)6-7;1-4(2)3-5/h2-3,6,20H,4-5H2,1H3,(H,15,19)(H,16,17);4H,3,5H2,1-2H3. The van der Waals surface area contributed by atoms with Crippen LogP contribution in [0.15, 0.2) is 32.3 Å². The van der Waals surface area contributed by atoms with Crippen LogP contribution in [-0.4, -0.2) is 46.5 Å². The van der Waals surface area contributed by atoms with Gasteiger partial charge in [0.25, 0.3) is 0 Å². The molecule has 0 aliphatic rings. The molecular formula is C16H24BrFN6O2S. The lowest BCUT2D eigenvalue weighted by Crippen LogP contribution is -2.22. The highest BCUT2D eigenvalue weighted by molar-refractivity contribution is 9.10. The zero-order chi connectivity index (χ0) is 20.2. The van der Waals surface area contributed by atoms with Crippen molar-refractivity contribution in [2.45, 2.75) is 13.8 Å². The molecule has 1 aromatic carbocycles. The zero-order valence-corrected chi connectivity index (χ0v) is 17.8. The van der Waals surface area contributed by atoms with Crippen LogP contribution >= 0.6 is 27.7 Å². The van der Waals surface area contributed by atoms with Gasteiger partial charge in [0.2, 0.25) is 5.82 Å². The predicted molar refractivity (Wildman–Crippen MR) is 110 cm³/mol. The molecule has 0 atom stereocenters. The molecule has 0 unspecified atom stereocenters. The van der Waals surface area contributed by atoms with Gasteiger partial charge in [0.05, 0.1) is 10.2 Å². The van der Waals surface area contributed by atoms with Gasteiger partial charge in [-0.2, -0.15) is 11.8 Å². The molecule has 0 bridgehead atoms. The summed E-state index contributed by atoms with van der Waals surface area (Å²) in [5.74, 6) is 1.52. The largest absolute Gasteiger partial charge is 0.364 e. The van der Waals surface area contributed by atoms with Crippen LogP contribution in [0.25, 0.3) is 0 Å². The maximum atomic E-state index is 13.2. The van der Waals surface area contributed by atoms with Gasteiger partial charge in [0.1, 0.15) is 5.82 Å². The van der Waals surface area contributed by atoms with Gasteiger partial charge in [-0.05, 0) is 63.2 Å². The number of benzene rings is 1. The summed E-state index contributed by atoms with van der Waals surface area (Å²) in [7, 11) is 0. The second kappa shape index (κ2) is 12.7. The number of nitrogens with zero attached hydrogens (tertiary/aromatic N) is 3. The summed E-state index contributed by atoms with van der Waals surface area (Å²) < 4.78 is 18.2. The van der Waals surface area contributed by atoms with Crippen LogP contribution in [0.1, 0.15) is 19.5 Å². The van der Waals surface area contributed by atoms with E-state index in [1.165, 1.54) is 18.2 Å². The number of nitrogens with two attached hydrogens (primary N) is 1. The summed E-state index contributed by atoms with van der Waals surface area (Å²) in [5.41, 5.74) is 7.77. The van der Waals surface area contributed by atoms with Gasteiger partial charge in [-0.3, -0.25) is 10.7 Å². The number of nitrogens with one attached hydrogen (secondary N) is 2. The van der Waals surface area contributed by atoms with Gasteiger partial charge in [-0.15, -0.1) is 0 Å². The van der Waals surface area contributed by atoms with Crippen LogP contribution in [0.2, 0.25) is 0 Å². The van der Waals surface area contributed by atoms with E-state index in [9.17, 15) is 9.60 Å². The van der Waals surface area contributed by atoms with Crippen LogP contribution in [0.4, 0.5) is 15.9 Å². The first-order valence-electron chi connectivity index (χ1n) is 8.12. The van der Waals surface area contributed by atoms with Gasteiger partial charge in [-0.25, -0.2) is 14.0 Å². The van der Waals surface area contributed by atoms with Crippen molar-refractivity contribution in [3.05, 3.63) is 34.2 Å². The highest BCUT2D eigenvalue weighted by Crippen LogP contribution is 2.23. The van der Waals surface area contributed by atoms with Crippen molar-refractivity contribution < 1.29 is 14.2 Å². The van der Waals surface area contributed by atoms with Crippen LogP contribution in [-0.2, 0) is 0 Å². The first-order chi connectivity index (χ1) is 12.9. The van der Waals surface area contributed by atoms with Gasteiger partial charge in [0.15, 0.2) is 11.5 Å². The van der Waals surface area contributed by atoms with Crippen molar-refractivity contribution in [1.29, 1.82) is 0 Å². The Balaban J connectivity index is 0.000000646. The molecule has 11 heteroatoms. The molecule has 150 valence electrons. The predicted octanol–water partition coefficient (Wildman–Crippen LogP) is 3.40. The maximum absolute atomic E-state index is 13.2. The average molecular weight is 463 g/mol. The summed E-state index contributed by atoms with van der Waals surface area (Å²) in [6, 6.07) is 4.20. The number of hydrogen-bond donors (Lipinski definition) is 4. The monoisotopic (exact) mass is 462 g/mol. The van der Waals surface area contributed by atoms with E-state index in [-0.39, 0.29) is 16.0 Å². The molecule has 2 rings (SSSR count). The summed E-state index contributed by atoms with van der Waals surface area (Å²) in [5, 5.41) is 19.7. The number of halogens is 2.